The topological polar surface area (TPSA) is 68.0 Å². The van der Waals surface area contributed by atoms with Crippen LogP contribution in [0, 0.1) is 0 Å². The molecule has 0 bridgehead atoms. The second-order valence-electron chi connectivity index (χ2n) is 5.32. The Morgan fingerprint density at radius 3 is 2.73 bits per heavy atom. The Labute approximate surface area is 151 Å². The van der Waals surface area contributed by atoms with E-state index in [1.165, 1.54) is 7.11 Å². The number of nitrogens with zero attached hydrogens (tertiary/aromatic N) is 1. The van der Waals surface area contributed by atoms with Crippen molar-refractivity contribution < 1.29 is 22.7 Å². The molecule has 6 nitrogen and oxygen atoms in total. The minimum Gasteiger partial charge on any atom is -0.493 e. The Morgan fingerprint density at radius 2 is 2.08 bits per heavy atom. The molecule has 2 aromatic rings. The Bertz CT molecular complexity index is 691. The van der Waals surface area contributed by atoms with E-state index in [9.17, 15) is 8.78 Å². The first-order valence-electron chi connectivity index (χ1n) is 8.28. The van der Waals surface area contributed by atoms with Gasteiger partial charge < -0.3 is 24.5 Å². The summed E-state index contributed by atoms with van der Waals surface area (Å²) in [4.78, 5) is 4.43. The summed E-state index contributed by atoms with van der Waals surface area (Å²) in [6.07, 6.45) is 2.21. The predicted octanol–water partition coefficient (Wildman–Crippen LogP) is 3.19. The number of methoxy groups -OCH3 is 1. The van der Waals surface area contributed by atoms with Crippen molar-refractivity contribution in [2.45, 2.75) is 26.5 Å². The zero-order valence-electron chi connectivity index (χ0n) is 14.8. The molecule has 0 saturated heterocycles. The average molecular weight is 367 g/mol. The van der Waals surface area contributed by atoms with Gasteiger partial charge in [0.05, 0.1) is 13.4 Å². The molecule has 0 atom stereocenters. The lowest BCUT2D eigenvalue weighted by Gasteiger charge is -2.13. The summed E-state index contributed by atoms with van der Waals surface area (Å²) in [5.74, 6) is 1.72. The Balaban J connectivity index is 1.92. The fraction of sp³-hybridized carbons (Fsp3) is 0.389. The maximum absolute atomic E-state index is 12.5. The summed E-state index contributed by atoms with van der Waals surface area (Å²) in [5, 5.41) is 6.34. The molecule has 0 spiro atoms. The van der Waals surface area contributed by atoms with Crippen molar-refractivity contribution in [3.8, 4) is 11.5 Å². The maximum Gasteiger partial charge on any atom is 0.387 e. The normalized spacial score (nSPS) is 11.5. The highest BCUT2D eigenvalue weighted by atomic mass is 19.3. The van der Waals surface area contributed by atoms with Crippen LogP contribution in [-0.4, -0.2) is 32.8 Å². The first-order valence-corrected chi connectivity index (χ1v) is 8.28. The van der Waals surface area contributed by atoms with Crippen LogP contribution in [0.25, 0.3) is 0 Å². The number of furan rings is 1. The van der Waals surface area contributed by atoms with Crippen LogP contribution in [-0.2, 0) is 13.0 Å². The number of aliphatic imine (C=N–C) groups is 1. The summed E-state index contributed by atoms with van der Waals surface area (Å²) in [6.45, 7) is 0.800. The minimum atomic E-state index is -2.90. The van der Waals surface area contributed by atoms with Crippen molar-refractivity contribution >= 4 is 5.96 Å². The molecule has 8 heteroatoms. The summed E-state index contributed by atoms with van der Waals surface area (Å²) in [7, 11) is 1.41. The zero-order chi connectivity index (χ0) is 18.8. The van der Waals surface area contributed by atoms with E-state index in [4.69, 9.17) is 9.15 Å². The van der Waals surface area contributed by atoms with Crippen LogP contribution in [0.4, 0.5) is 8.78 Å². The van der Waals surface area contributed by atoms with E-state index in [1.54, 1.807) is 18.4 Å². The molecular formula is C18H23F2N3O3. The van der Waals surface area contributed by atoms with Gasteiger partial charge in [-0.1, -0.05) is 6.07 Å². The molecule has 0 saturated carbocycles. The van der Waals surface area contributed by atoms with Crippen molar-refractivity contribution in [2.75, 3.05) is 20.2 Å². The smallest absolute Gasteiger partial charge is 0.387 e. The fourth-order valence-electron chi connectivity index (χ4n) is 2.29. The van der Waals surface area contributed by atoms with E-state index in [1.807, 2.05) is 25.1 Å². The van der Waals surface area contributed by atoms with Gasteiger partial charge >= 0.3 is 6.61 Å². The van der Waals surface area contributed by atoms with Crippen LogP contribution in [0.15, 0.2) is 46.0 Å². The van der Waals surface area contributed by atoms with E-state index in [0.29, 0.717) is 25.5 Å². The number of ether oxygens (including phenoxy) is 2. The SMILES string of the molecule is CCNC(=NCc1ccco1)NCCc1ccc(OC)c(OC(F)F)c1. The number of nitrogens with one attached hydrogen (secondary N) is 2. The van der Waals surface area contributed by atoms with E-state index in [0.717, 1.165) is 17.9 Å². The predicted molar refractivity (Wildman–Crippen MR) is 94.9 cm³/mol. The number of hydrogen-bond donors (Lipinski definition) is 2. The van der Waals surface area contributed by atoms with E-state index in [-0.39, 0.29) is 11.5 Å². The first kappa shape index (κ1) is 19.6. The number of rotatable bonds is 9. The van der Waals surface area contributed by atoms with Crippen LogP contribution in [0.2, 0.25) is 0 Å². The van der Waals surface area contributed by atoms with Crippen LogP contribution < -0.4 is 20.1 Å². The van der Waals surface area contributed by atoms with Crippen molar-refractivity contribution in [3.05, 3.63) is 47.9 Å². The van der Waals surface area contributed by atoms with Gasteiger partial charge in [-0.05, 0) is 43.2 Å². The molecule has 26 heavy (non-hydrogen) atoms. The van der Waals surface area contributed by atoms with Crippen molar-refractivity contribution in [2.24, 2.45) is 4.99 Å². The highest BCUT2D eigenvalue weighted by Crippen LogP contribution is 2.29. The number of guanidine groups is 1. The molecule has 0 amide bonds. The number of benzene rings is 1. The summed E-state index contributed by atoms with van der Waals surface area (Å²) in [5.41, 5.74) is 0.843. The second-order valence-corrected chi connectivity index (χ2v) is 5.32. The van der Waals surface area contributed by atoms with E-state index in [2.05, 4.69) is 20.4 Å². The molecule has 1 heterocycles. The monoisotopic (exact) mass is 367 g/mol. The molecule has 0 radical (unpaired) electrons. The van der Waals surface area contributed by atoms with Crippen LogP contribution in [0.5, 0.6) is 11.5 Å². The molecule has 0 unspecified atom stereocenters. The molecule has 0 aliphatic heterocycles. The zero-order valence-corrected chi connectivity index (χ0v) is 14.8. The molecule has 0 aliphatic rings. The Hall–Kier alpha value is -2.77. The maximum atomic E-state index is 12.5. The van der Waals surface area contributed by atoms with Gasteiger partial charge in [-0.15, -0.1) is 0 Å². The van der Waals surface area contributed by atoms with E-state index < -0.39 is 6.61 Å². The molecule has 142 valence electrons. The number of alkyl halides is 2. The van der Waals surface area contributed by atoms with Gasteiger partial charge in [0.1, 0.15) is 12.3 Å². The third-order valence-electron chi connectivity index (χ3n) is 3.47. The second kappa shape index (κ2) is 10.3. The Morgan fingerprint density at radius 1 is 1.23 bits per heavy atom. The lowest BCUT2D eigenvalue weighted by molar-refractivity contribution is -0.0512. The number of hydrogen-bond acceptors (Lipinski definition) is 4. The van der Waals surface area contributed by atoms with Crippen molar-refractivity contribution in [1.29, 1.82) is 0 Å². The molecule has 1 aromatic heterocycles. The molecule has 0 fully saturated rings. The molecule has 2 rings (SSSR count). The number of halogens is 2. The van der Waals surface area contributed by atoms with Crippen LogP contribution in [0.1, 0.15) is 18.2 Å². The molecule has 0 aliphatic carbocycles. The lowest BCUT2D eigenvalue weighted by atomic mass is 10.1. The van der Waals surface area contributed by atoms with Crippen LogP contribution in [0.3, 0.4) is 0 Å². The highest BCUT2D eigenvalue weighted by molar-refractivity contribution is 5.79. The van der Waals surface area contributed by atoms with Crippen molar-refractivity contribution in [1.82, 2.24) is 10.6 Å². The van der Waals surface area contributed by atoms with Gasteiger partial charge in [0, 0.05) is 13.1 Å². The summed E-state index contributed by atoms with van der Waals surface area (Å²) < 4.78 is 39.8. The van der Waals surface area contributed by atoms with Gasteiger partial charge in [0.25, 0.3) is 0 Å². The van der Waals surface area contributed by atoms with Gasteiger partial charge in [0.2, 0.25) is 0 Å². The van der Waals surface area contributed by atoms with Crippen LogP contribution >= 0.6 is 0 Å². The lowest BCUT2D eigenvalue weighted by Crippen LogP contribution is -2.38. The molecule has 2 N–H and O–H groups in total. The fourth-order valence-corrected chi connectivity index (χ4v) is 2.29. The first-order chi connectivity index (χ1) is 12.6. The molecule has 1 aromatic carbocycles. The van der Waals surface area contributed by atoms with Crippen molar-refractivity contribution in [3.63, 3.8) is 0 Å². The van der Waals surface area contributed by atoms with Gasteiger partial charge in [-0.25, -0.2) is 4.99 Å². The Kier molecular flexibility index (Phi) is 7.73. The molecular weight excluding hydrogens is 344 g/mol. The summed E-state index contributed by atoms with van der Waals surface area (Å²) in [6, 6.07) is 8.65. The minimum absolute atomic E-state index is 0.0263. The third-order valence-corrected chi connectivity index (χ3v) is 3.47. The summed E-state index contributed by atoms with van der Waals surface area (Å²) >= 11 is 0. The van der Waals surface area contributed by atoms with Gasteiger partial charge in [-0.3, -0.25) is 0 Å². The van der Waals surface area contributed by atoms with Gasteiger partial charge in [0.15, 0.2) is 17.5 Å². The van der Waals surface area contributed by atoms with E-state index >= 15 is 0 Å². The third kappa shape index (κ3) is 6.27. The largest absolute Gasteiger partial charge is 0.493 e. The quantitative estimate of drug-likeness (QED) is 0.526. The average Bonchev–Trinajstić information content (AvgIpc) is 3.13. The standard InChI is InChI=1S/C18H23F2N3O3/c1-3-21-18(23-12-14-5-4-10-25-14)22-9-8-13-6-7-15(24-2)16(11-13)26-17(19)20/h4-7,10-11,17H,3,8-9,12H2,1-2H3,(H2,21,22,23). The van der Waals surface area contributed by atoms with Gasteiger partial charge in [-0.2, -0.15) is 8.78 Å². The highest BCUT2D eigenvalue weighted by Gasteiger charge is 2.11.